The molecule has 14 heavy (non-hydrogen) atoms. The number of rotatable bonds is 7. The molecule has 0 heterocycles. The number of hydrogen-bond acceptors (Lipinski definition) is 4. The van der Waals surface area contributed by atoms with Gasteiger partial charge in [0.1, 0.15) is 6.04 Å². The maximum absolute atomic E-state index is 10.7. The standard InChI is InChI=1S/C8H15NO5/c1-14-3-2-5(7(10)11)4-6(9)8(12)13/h5-6H,2-4,9H2,1H3,(H,10,11)(H,12,13)/t5?,6-/m0/s1. The first-order valence-electron chi connectivity index (χ1n) is 4.19. The number of ether oxygens (including phenoxy) is 1. The van der Waals surface area contributed by atoms with E-state index in [9.17, 15) is 9.59 Å². The molecule has 2 atom stereocenters. The number of carboxylic acids is 2. The summed E-state index contributed by atoms with van der Waals surface area (Å²) in [5, 5.41) is 17.2. The summed E-state index contributed by atoms with van der Waals surface area (Å²) in [5.41, 5.74) is 5.22. The van der Waals surface area contributed by atoms with Gasteiger partial charge in [0.2, 0.25) is 0 Å². The van der Waals surface area contributed by atoms with Gasteiger partial charge in [-0.25, -0.2) is 0 Å². The molecular weight excluding hydrogens is 190 g/mol. The van der Waals surface area contributed by atoms with Crippen molar-refractivity contribution in [3.05, 3.63) is 0 Å². The average Bonchev–Trinajstić information content (AvgIpc) is 2.10. The zero-order chi connectivity index (χ0) is 11.1. The van der Waals surface area contributed by atoms with E-state index in [4.69, 9.17) is 20.7 Å². The van der Waals surface area contributed by atoms with Gasteiger partial charge >= 0.3 is 11.9 Å². The van der Waals surface area contributed by atoms with Crippen molar-refractivity contribution >= 4 is 11.9 Å². The molecule has 0 aliphatic carbocycles. The molecule has 6 nitrogen and oxygen atoms in total. The predicted molar refractivity (Wildman–Crippen MR) is 47.8 cm³/mol. The highest BCUT2D eigenvalue weighted by molar-refractivity contribution is 5.75. The van der Waals surface area contributed by atoms with Crippen LogP contribution in [-0.2, 0) is 14.3 Å². The highest BCUT2D eigenvalue weighted by atomic mass is 16.5. The molecule has 0 aromatic heterocycles. The lowest BCUT2D eigenvalue weighted by Crippen LogP contribution is -2.34. The number of aliphatic carboxylic acids is 2. The minimum absolute atomic E-state index is 0.0754. The lowest BCUT2D eigenvalue weighted by molar-refractivity contribution is -0.144. The maximum atomic E-state index is 10.7. The third kappa shape index (κ3) is 4.78. The third-order valence-electron chi connectivity index (χ3n) is 1.88. The average molecular weight is 205 g/mol. The highest BCUT2D eigenvalue weighted by Gasteiger charge is 2.23. The molecule has 0 saturated carbocycles. The molecule has 0 aliphatic heterocycles. The molecule has 0 amide bonds. The second-order valence-corrected chi connectivity index (χ2v) is 3.00. The van der Waals surface area contributed by atoms with Crippen molar-refractivity contribution < 1.29 is 24.5 Å². The van der Waals surface area contributed by atoms with Gasteiger partial charge < -0.3 is 20.7 Å². The van der Waals surface area contributed by atoms with Crippen LogP contribution in [-0.4, -0.2) is 41.9 Å². The third-order valence-corrected chi connectivity index (χ3v) is 1.88. The molecule has 0 radical (unpaired) electrons. The van der Waals surface area contributed by atoms with Crippen LogP contribution in [0.3, 0.4) is 0 Å². The highest BCUT2D eigenvalue weighted by Crippen LogP contribution is 2.11. The summed E-state index contributed by atoms with van der Waals surface area (Å²) < 4.78 is 4.71. The van der Waals surface area contributed by atoms with Crippen molar-refractivity contribution in [2.45, 2.75) is 18.9 Å². The predicted octanol–water partition coefficient (Wildman–Crippen LogP) is -0.474. The lowest BCUT2D eigenvalue weighted by Gasteiger charge is -2.13. The van der Waals surface area contributed by atoms with E-state index in [1.807, 2.05) is 0 Å². The second-order valence-electron chi connectivity index (χ2n) is 3.00. The van der Waals surface area contributed by atoms with E-state index in [-0.39, 0.29) is 19.4 Å². The van der Waals surface area contributed by atoms with E-state index in [1.165, 1.54) is 7.11 Å². The molecule has 0 rings (SSSR count). The van der Waals surface area contributed by atoms with Crippen LogP contribution in [0.1, 0.15) is 12.8 Å². The Morgan fingerprint density at radius 2 is 1.93 bits per heavy atom. The summed E-state index contributed by atoms with van der Waals surface area (Å²) in [6.45, 7) is 0.281. The topological polar surface area (TPSA) is 110 Å². The van der Waals surface area contributed by atoms with Crippen molar-refractivity contribution in [1.29, 1.82) is 0 Å². The van der Waals surface area contributed by atoms with Crippen LogP contribution in [0.5, 0.6) is 0 Å². The summed E-state index contributed by atoms with van der Waals surface area (Å²) >= 11 is 0. The van der Waals surface area contributed by atoms with Gasteiger partial charge in [0.05, 0.1) is 5.92 Å². The van der Waals surface area contributed by atoms with Gasteiger partial charge in [0, 0.05) is 13.7 Å². The number of methoxy groups -OCH3 is 1. The Labute approximate surface area is 81.7 Å². The van der Waals surface area contributed by atoms with Crippen molar-refractivity contribution in [3.8, 4) is 0 Å². The molecule has 1 unspecified atom stereocenters. The number of carbonyl (C=O) groups is 2. The summed E-state index contributed by atoms with van der Waals surface area (Å²) in [5.74, 6) is -2.99. The molecule has 0 aromatic rings. The van der Waals surface area contributed by atoms with E-state index in [0.29, 0.717) is 0 Å². The quantitative estimate of drug-likeness (QED) is 0.518. The molecule has 0 spiro atoms. The number of hydrogen-bond donors (Lipinski definition) is 3. The van der Waals surface area contributed by atoms with Gasteiger partial charge in [-0.2, -0.15) is 0 Å². The Balaban J connectivity index is 4.08. The van der Waals surface area contributed by atoms with Gasteiger partial charge in [-0.3, -0.25) is 9.59 Å². The largest absolute Gasteiger partial charge is 0.481 e. The minimum atomic E-state index is -1.19. The normalized spacial score (nSPS) is 14.7. The van der Waals surface area contributed by atoms with E-state index >= 15 is 0 Å². The summed E-state index contributed by atoms with van der Waals surface area (Å²) in [6.07, 6.45) is 0.195. The van der Waals surface area contributed by atoms with Gasteiger partial charge in [-0.05, 0) is 12.8 Å². The second kappa shape index (κ2) is 6.33. The molecule has 6 heteroatoms. The first kappa shape index (κ1) is 12.9. The van der Waals surface area contributed by atoms with Crippen molar-refractivity contribution in [2.24, 2.45) is 11.7 Å². The Morgan fingerprint density at radius 1 is 1.36 bits per heavy atom. The maximum Gasteiger partial charge on any atom is 0.320 e. The first-order chi connectivity index (χ1) is 6.49. The zero-order valence-electron chi connectivity index (χ0n) is 7.97. The van der Waals surface area contributed by atoms with Gasteiger partial charge in [0.15, 0.2) is 0 Å². The summed E-state index contributed by atoms with van der Waals surface area (Å²) in [4.78, 5) is 21.0. The fourth-order valence-corrected chi connectivity index (χ4v) is 1.01. The van der Waals surface area contributed by atoms with Crippen LogP contribution in [0.4, 0.5) is 0 Å². The number of nitrogens with two attached hydrogens (primary N) is 1. The monoisotopic (exact) mass is 205 g/mol. The molecule has 0 aliphatic rings. The van der Waals surface area contributed by atoms with Crippen molar-refractivity contribution in [1.82, 2.24) is 0 Å². The molecule has 0 aromatic carbocycles. The fourth-order valence-electron chi connectivity index (χ4n) is 1.01. The van der Waals surface area contributed by atoms with Gasteiger partial charge in [0.25, 0.3) is 0 Å². The zero-order valence-corrected chi connectivity index (χ0v) is 7.97. The molecule has 0 fully saturated rings. The van der Waals surface area contributed by atoms with Crippen molar-refractivity contribution in [3.63, 3.8) is 0 Å². The van der Waals surface area contributed by atoms with Gasteiger partial charge in [-0.15, -0.1) is 0 Å². The van der Waals surface area contributed by atoms with E-state index in [0.717, 1.165) is 0 Å². The van der Waals surface area contributed by atoms with Crippen LogP contribution in [0.25, 0.3) is 0 Å². The Kier molecular flexibility index (Phi) is 5.82. The smallest absolute Gasteiger partial charge is 0.320 e. The van der Waals surface area contributed by atoms with Crippen LogP contribution in [0.2, 0.25) is 0 Å². The van der Waals surface area contributed by atoms with Crippen LogP contribution in [0, 0.1) is 5.92 Å². The van der Waals surface area contributed by atoms with Crippen LogP contribution >= 0.6 is 0 Å². The summed E-state index contributed by atoms with van der Waals surface area (Å²) in [7, 11) is 1.45. The minimum Gasteiger partial charge on any atom is -0.481 e. The first-order valence-corrected chi connectivity index (χ1v) is 4.19. The fraction of sp³-hybridized carbons (Fsp3) is 0.750. The SMILES string of the molecule is COCCC(C[C@H](N)C(=O)O)C(=O)O. The van der Waals surface area contributed by atoms with E-state index < -0.39 is 23.9 Å². The summed E-state index contributed by atoms with van der Waals surface area (Å²) in [6, 6.07) is -1.13. The Bertz CT molecular complexity index is 206. The van der Waals surface area contributed by atoms with Gasteiger partial charge in [-0.1, -0.05) is 0 Å². The molecule has 0 saturated heterocycles. The number of carboxylic acid groups (broad SMARTS) is 2. The van der Waals surface area contributed by atoms with E-state index in [1.54, 1.807) is 0 Å². The Hall–Kier alpha value is -1.14. The molecule has 82 valence electrons. The van der Waals surface area contributed by atoms with Crippen LogP contribution in [0.15, 0.2) is 0 Å². The molecular formula is C8H15NO5. The van der Waals surface area contributed by atoms with E-state index in [2.05, 4.69) is 0 Å². The molecule has 4 N–H and O–H groups in total. The van der Waals surface area contributed by atoms with Crippen LogP contribution < -0.4 is 5.73 Å². The molecule has 0 bridgehead atoms. The lowest BCUT2D eigenvalue weighted by atomic mass is 9.97. The van der Waals surface area contributed by atoms with Crippen molar-refractivity contribution in [2.75, 3.05) is 13.7 Å². The Morgan fingerprint density at radius 3 is 2.29 bits per heavy atom.